The Hall–Kier alpha value is -0.200. The third kappa shape index (κ3) is 4.63. The minimum Gasteiger partial charge on any atom is -0.339 e. The highest BCUT2D eigenvalue weighted by Gasteiger charge is 2.30. The zero-order chi connectivity index (χ0) is 15.4. The smallest absolute Gasteiger partial charge is 0.228 e. The molecule has 1 aliphatic heterocycles. The Morgan fingerprint density at radius 3 is 2.71 bits per heavy atom. The molecule has 0 amide bonds. The second-order valence-corrected chi connectivity index (χ2v) is 9.02. The van der Waals surface area contributed by atoms with E-state index in [2.05, 4.69) is 50.1 Å². The number of hydrogen-bond acceptors (Lipinski definition) is 6. The average molecular weight is 330 g/mol. The van der Waals surface area contributed by atoms with Gasteiger partial charge >= 0.3 is 0 Å². The largest absolute Gasteiger partial charge is 0.339 e. The van der Waals surface area contributed by atoms with Gasteiger partial charge in [-0.2, -0.15) is 16.7 Å². The lowest BCUT2D eigenvalue weighted by molar-refractivity contribution is 0.327. The van der Waals surface area contributed by atoms with Gasteiger partial charge in [0.1, 0.15) is 0 Å². The van der Waals surface area contributed by atoms with Gasteiger partial charge in [0, 0.05) is 28.7 Å². The Morgan fingerprint density at radius 2 is 2.10 bits per heavy atom. The Bertz CT molecular complexity index is 438. The van der Waals surface area contributed by atoms with Gasteiger partial charge in [0.15, 0.2) is 5.82 Å². The minimum absolute atomic E-state index is 0.371. The molecule has 0 saturated carbocycles. The molecule has 4 nitrogen and oxygen atoms in total. The SMILES string of the molecule is CCNC(Cc1nc(C2CSC(C)C(C)S2)no1)C(C)C. The fourth-order valence-electron chi connectivity index (χ4n) is 2.39. The van der Waals surface area contributed by atoms with Crippen molar-refractivity contribution in [3.8, 4) is 0 Å². The molecule has 1 N–H and O–H groups in total. The summed E-state index contributed by atoms with van der Waals surface area (Å²) < 4.78 is 5.48. The summed E-state index contributed by atoms with van der Waals surface area (Å²) >= 11 is 3.99. The molecule has 120 valence electrons. The van der Waals surface area contributed by atoms with Crippen LogP contribution in [0.3, 0.4) is 0 Å². The average Bonchev–Trinajstić information content (AvgIpc) is 2.90. The zero-order valence-corrected chi connectivity index (χ0v) is 15.3. The fourth-order valence-corrected chi connectivity index (χ4v) is 5.23. The zero-order valence-electron chi connectivity index (χ0n) is 13.6. The maximum Gasteiger partial charge on any atom is 0.228 e. The summed E-state index contributed by atoms with van der Waals surface area (Å²) in [7, 11) is 0. The van der Waals surface area contributed by atoms with Crippen LogP contribution in [0.2, 0.25) is 0 Å². The lowest BCUT2D eigenvalue weighted by Gasteiger charge is -2.29. The summed E-state index contributed by atoms with van der Waals surface area (Å²) in [4.78, 5) is 4.65. The van der Waals surface area contributed by atoms with Gasteiger partial charge in [0.05, 0.1) is 5.25 Å². The van der Waals surface area contributed by atoms with Crippen molar-refractivity contribution >= 4 is 23.5 Å². The van der Waals surface area contributed by atoms with Gasteiger partial charge in [-0.3, -0.25) is 0 Å². The second kappa shape index (κ2) is 7.88. The van der Waals surface area contributed by atoms with Crippen molar-refractivity contribution < 1.29 is 4.52 Å². The Kier molecular flexibility index (Phi) is 6.44. The molecule has 1 aromatic heterocycles. The van der Waals surface area contributed by atoms with Gasteiger partial charge in [-0.1, -0.05) is 39.8 Å². The molecular formula is C15H27N3OS2. The summed E-state index contributed by atoms with van der Waals surface area (Å²) in [5.41, 5.74) is 0. The molecular weight excluding hydrogens is 302 g/mol. The van der Waals surface area contributed by atoms with Crippen LogP contribution >= 0.6 is 23.5 Å². The van der Waals surface area contributed by atoms with E-state index in [4.69, 9.17) is 4.52 Å². The van der Waals surface area contributed by atoms with Crippen LogP contribution in [0.25, 0.3) is 0 Å². The molecule has 21 heavy (non-hydrogen) atoms. The molecule has 0 radical (unpaired) electrons. The Morgan fingerprint density at radius 1 is 1.33 bits per heavy atom. The lowest BCUT2D eigenvalue weighted by atomic mass is 10.0. The van der Waals surface area contributed by atoms with E-state index in [1.54, 1.807) is 0 Å². The number of likely N-dealkylation sites (N-methyl/N-ethyl adjacent to an activating group) is 1. The number of nitrogens with one attached hydrogen (secondary N) is 1. The highest BCUT2D eigenvalue weighted by atomic mass is 32.2. The van der Waals surface area contributed by atoms with Gasteiger partial charge in [0.2, 0.25) is 5.89 Å². The van der Waals surface area contributed by atoms with Gasteiger partial charge in [0.25, 0.3) is 0 Å². The highest BCUT2D eigenvalue weighted by Crippen LogP contribution is 2.43. The molecule has 1 fully saturated rings. The number of nitrogens with zero attached hydrogens (tertiary/aromatic N) is 2. The summed E-state index contributed by atoms with van der Waals surface area (Å²) in [6.07, 6.45) is 0.814. The van der Waals surface area contributed by atoms with Crippen molar-refractivity contribution in [1.82, 2.24) is 15.5 Å². The van der Waals surface area contributed by atoms with Crippen LogP contribution in [0.15, 0.2) is 4.52 Å². The third-order valence-corrected chi connectivity index (χ3v) is 7.37. The summed E-state index contributed by atoms with van der Waals surface area (Å²) in [5, 5.41) is 9.43. The third-order valence-electron chi connectivity index (χ3n) is 3.99. The van der Waals surface area contributed by atoms with Crippen LogP contribution in [0.4, 0.5) is 0 Å². The standard InChI is InChI=1S/C15H27N3OS2/c1-6-16-12(9(2)3)7-14-17-15(18-19-14)13-8-20-10(4)11(5)21-13/h9-13,16H,6-8H2,1-5H3. The normalized spacial score (nSPS) is 28.0. The molecule has 1 aliphatic rings. The molecule has 0 bridgehead atoms. The lowest BCUT2D eigenvalue weighted by Crippen LogP contribution is -2.35. The van der Waals surface area contributed by atoms with E-state index >= 15 is 0 Å². The predicted molar refractivity (Wildman–Crippen MR) is 92.0 cm³/mol. The number of rotatable bonds is 6. The van der Waals surface area contributed by atoms with Gasteiger partial charge in [-0.25, -0.2) is 0 Å². The highest BCUT2D eigenvalue weighted by molar-refractivity contribution is 8.07. The summed E-state index contributed by atoms with van der Waals surface area (Å²) in [5.74, 6) is 3.28. The first-order chi connectivity index (χ1) is 10.0. The van der Waals surface area contributed by atoms with Crippen LogP contribution in [0, 0.1) is 5.92 Å². The topological polar surface area (TPSA) is 51.0 Å². The number of hydrogen-bond donors (Lipinski definition) is 1. The molecule has 2 heterocycles. The van der Waals surface area contributed by atoms with Crippen LogP contribution in [-0.2, 0) is 6.42 Å². The summed E-state index contributed by atoms with van der Waals surface area (Å²) in [6, 6.07) is 0.399. The van der Waals surface area contributed by atoms with Crippen molar-refractivity contribution in [1.29, 1.82) is 0 Å². The first kappa shape index (κ1) is 17.2. The minimum atomic E-state index is 0.371. The maximum absolute atomic E-state index is 5.48. The molecule has 2 rings (SSSR count). The van der Waals surface area contributed by atoms with Crippen LogP contribution in [0.5, 0.6) is 0 Å². The number of thioether (sulfide) groups is 2. The quantitative estimate of drug-likeness (QED) is 0.861. The van der Waals surface area contributed by atoms with Crippen LogP contribution < -0.4 is 5.32 Å². The Labute approximate surface area is 136 Å². The first-order valence-corrected chi connectivity index (χ1v) is 9.83. The van der Waals surface area contributed by atoms with E-state index < -0.39 is 0 Å². The van der Waals surface area contributed by atoms with Crippen molar-refractivity contribution in [2.45, 2.75) is 62.8 Å². The van der Waals surface area contributed by atoms with Crippen LogP contribution in [0.1, 0.15) is 51.6 Å². The molecule has 4 atom stereocenters. The van der Waals surface area contributed by atoms with Crippen molar-refractivity contribution in [2.75, 3.05) is 12.3 Å². The van der Waals surface area contributed by atoms with E-state index in [-0.39, 0.29) is 0 Å². The molecule has 4 unspecified atom stereocenters. The van der Waals surface area contributed by atoms with Crippen molar-refractivity contribution in [3.05, 3.63) is 11.7 Å². The summed E-state index contributed by atoms with van der Waals surface area (Å²) in [6.45, 7) is 12.1. The van der Waals surface area contributed by atoms with E-state index in [0.717, 1.165) is 30.4 Å². The van der Waals surface area contributed by atoms with Gasteiger partial charge in [-0.15, -0.1) is 11.8 Å². The Balaban J connectivity index is 1.97. The monoisotopic (exact) mass is 329 g/mol. The van der Waals surface area contributed by atoms with Crippen molar-refractivity contribution in [3.63, 3.8) is 0 Å². The maximum atomic E-state index is 5.48. The predicted octanol–water partition coefficient (Wildman–Crippen LogP) is 3.54. The molecule has 1 saturated heterocycles. The van der Waals surface area contributed by atoms with Gasteiger partial charge in [-0.05, 0) is 12.5 Å². The van der Waals surface area contributed by atoms with Crippen LogP contribution in [-0.4, -0.2) is 39.0 Å². The van der Waals surface area contributed by atoms with Crippen molar-refractivity contribution in [2.24, 2.45) is 5.92 Å². The van der Waals surface area contributed by atoms with E-state index in [1.807, 2.05) is 23.5 Å². The van der Waals surface area contributed by atoms with Gasteiger partial charge < -0.3 is 9.84 Å². The second-order valence-electron chi connectivity index (χ2n) is 6.03. The van der Waals surface area contributed by atoms with E-state index in [0.29, 0.717) is 27.7 Å². The molecule has 1 aromatic rings. The molecule has 0 aliphatic carbocycles. The van der Waals surface area contributed by atoms with E-state index in [1.165, 1.54) is 0 Å². The first-order valence-electron chi connectivity index (χ1n) is 7.84. The molecule has 0 spiro atoms. The van der Waals surface area contributed by atoms with E-state index in [9.17, 15) is 0 Å². The molecule has 6 heteroatoms. The fraction of sp³-hybridized carbons (Fsp3) is 0.867. The molecule has 0 aromatic carbocycles. The number of aromatic nitrogens is 2.